The Balaban J connectivity index is 2.38. The van der Waals surface area contributed by atoms with Gasteiger partial charge in [-0.1, -0.05) is 13.8 Å². The molecular weight excluding hydrogens is 194 g/mol. The SMILES string of the molecule is CC(C(=O)O)C(=O)NCC1(C(C)C)CC1. The minimum atomic E-state index is -1.07. The lowest BCUT2D eigenvalue weighted by Gasteiger charge is -2.20. The number of nitrogens with one attached hydrogen (secondary N) is 1. The standard InChI is InChI=1S/C11H19NO3/c1-7(2)11(4-5-11)6-12-9(13)8(3)10(14)15/h7-8H,4-6H2,1-3H3,(H,12,13)(H,14,15). The first-order chi connectivity index (χ1) is 6.89. The van der Waals surface area contributed by atoms with Gasteiger partial charge in [0, 0.05) is 6.54 Å². The van der Waals surface area contributed by atoms with Crippen molar-refractivity contribution in [3.05, 3.63) is 0 Å². The Morgan fingerprint density at radius 2 is 1.87 bits per heavy atom. The Morgan fingerprint density at radius 3 is 2.20 bits per heavy atom. The molecule has 0 aromatic heterocycles. The number of hydrogen-bond donors (Lipinski definition) is 2. The average molecular weight is 213 g/mol. The number of hydrogen-bond acceptors (Lipinski definition) is 2. The molecule has 1 aliphatic carbocycles. The summed E-state index contributed by atoms with van der Waals surface area (Å²) in [6, 6.07) is 0. The zero-order valence-corrected chi connectivity index (χ0v) is 9.54. The van der Waals surface area contributed by atoms with E-state index >= 15 is 0 Å². The smallest absolute Gasteiger partial charge is 0.315 e. The highest BCUT2D eigenvalue weighted by atomic mass is 16.4. The zero-order valence-electron chi connectivity index (χ0n) is 9.54. The van der Waals surface area contributed by atoms with Crippen LogP contribution in [0.5, 0.6) is 0 Å². The molecule has 0 spiro atoms. The predicted molar refractivity (Wildman–Crippen MR) is 56.3 cm³/mol. The highest BCUT2D eigenvalue weighted by molar-refractivity contribution is 5.96. The van der Waals surface area contributed by atoms with E-state index in [2.05, 4.69) is 19.2 Å². The Hall–Kier alpha value is -1.06. The second-order valence-corrected chi connectivity index (χ2v) is 4.79. The minimum Gasteiger partial charge on any atom is -0.481 e. The van der Waals surface area contributed by atoms with Crippen LogP contribution in [0, 0.1) is 17.3 Å². The summed E-state index contributed by atoms with van der Waals surface area (Å²) in [4.78, 5) is 21.9. The molecule has 15 heavy (non-hydrogen) atoms. The summed E-state index contributed by atoms with van der Waals surface area (Å²) in [5.41, 5.74) is 0.230. The van der Waals surface area contributed by atoms with Crippen LogP contribution in [0.4, 0.5) is 0 Å². The Kier molecular flexibility index (Phi) is 3.37. The molecular formula is C11H19NO3. The third kappa shape index (κ3) is 2.70. The first-order valence-electron chi connectivity index (χ1n) is 5.39. The van der Waals surface area contributed by atoms with Crippen molar-refractivity contribution >= 4 is 11.9 Å². The van der Waals surface area contributed by atoms with Crippen molar-refractivity contribution in [1.29, 1.82) is 0 Å². The largest absolute Gasteiger partial charge is 0.481 e. The van der Waals surface area contributed by atoms with E-state index < -0.39 is 11.9 Å². The quantitative estimate of drug-likeness (QED) is 0.676. The molecule has 1 saturated carbocycles. The van der Waals surface area contributed by atoms with E-state index in [1.807, 2.05) is 0 Å². The molecule has 0 aromatic carbocycles. The number of carboxylic acid groups (broad SMARTS) is 1. The third-order valence-corrected chi connectivity index (χ3v) is 3.50. The van der Waals surface area contributed by atoms with Crippen molar-refractivity contribution in [2.75, 3.05) is 6.54 Å². The molecule has 4 heteroatoms. The highest BCUT2D eigenvalue weighted by Gasteiger charge is 2.45. The summed E-state index contributed by atoms with van der Waals surface area (Å²) in [5.74, 6) is -1.86. The number of carbonyl (C=O) groups excluding carboxylic acids is 1. The van der Waals surface area contributed by atoms with Gasteiger partial charge < -0.3 is 10.4 Å². The van der Waals surface area contributed by atoms with E-state index in [1.165, 1.54) is 6.92 Å². The fourth-order valence-corrected chi connectivity index (χ4v) is 1.65. The summed E-state index contributed by atoms with van der Waals surface area (Å²) in [7, 11) is 0. The maximum absolute atomic E-state index is 11.4. The molecule has 1 fully saturated rings. The molecule has 2 N–H and O–H groups in total. The number of carbonyl (C=O) groups is 2. The van der Waals surface area contributed by atoms with Crippen molar-refractivity contribution < 1.29 is 14.7 Å². The summed E-state index contributed by atoms with van der Waals surface area (Å²) in [5, 5.41) is 11.4. The Morgan fingerprint density at radius 1 is 1.33 bits per heavy atom. The fourth-order valence-electron chi connectivity index (χ4n) is 1.65. The third-order valence-electron chi connectivity index (χ3n) is 3.50. The van der Waals surface area contributed by atoms with Crippen molar-refractivity contribution in [2.45, 2.75) is 33.6 Å². The maximum atomic E-state index is 11.4. The van der Waals surface area contributed by atoms with Crippen molar-refractivity contribution in [3.8, 4) is 0 Å². The molecule has 0 saturated heterocycles. The minimum absolute atomic E-state index is 0.230. The molecule has 0 heterocycles. The van der Waals surface area contributed by atoms with Gasteiger partial charge >= 0.3 is 5.97 Å². The Bertz CT molecular complexity index is 269. The number of carboxylic acids is 1. The monoisotopic (exact) mass is 213 g/mol. The highest BCUT2D eigenvalue weighted by Crippen LogP contribution is 2.51. The van der Waals surface area contributed by atoms with Gasteiger partial charge in [0.2, 0.25) is 5.91 Å². The number of rotatable bonds is 5. The van der Waals surface area contributed by atoms with Crippen LogP contribution in [-0.2, 0) is 9.59 Å². The van der Waals surface area contributed by atoms with Crippen LogP contribution in [0.3, 0.4) is 0 Å². The molecule has 0 bridgehead atoms. The van der Waals surface area contributed by atoms with Crippen molar-refractivity contribution in [3.63, 3.8) is 0 Å². The molecule has 1 amide bonds. The van der Waals surface area contributed by atoms with Gasteiger partial charge in [-0.3, -0.25) is 9.59 Å². The van der Waals surface area contributed by atoms with E-state index in [1.54, 1.807) is 0 Å². The normalized spacial score (nSPS) is 19.7. The van der Waals surface area contributed by atoms with E-state index in [0.717, 1.165) is 12.8 Å². The van der Waals surface area contributed by atoms with E-state index in [4.69, 9.17) is 5.11 Å². The van der Waals surface area contributed by atoms with Gasteiger partial charge in [-0.25, -0.2) is 0 Å². The number of amides is 1. The van der Waals surface area contributed by atoms with Crippen LogP contribution < -0.4 is 5.32 Å². The van der Waals surface area contributed by atoms with E-state index in [-0.39, 0.29) is 11.3 Å². The molecule has 0 radical (unpaired) electrons. The van der Waals surface area contributed by atoms with E-state index in [0.29, 0.717) is 12.5 Å². The molecule has 1 unspecified atom stereocenters. The van der Waals surface area contributed by atoms with Gasteiger partial charge in [-0.05, 0) is 31.1 Å². The second kappa shape index (κ2) is 4.21. The fraction of sp³-hybridized carbons (Fsp3) is 0.818. The van der Waals surface area contributed by atoms with Crippen LogP contribution >= 0.6 is 0 Å². The van der Waals surface area contributed by atoms with Crippen molar-refractivity contribution in [2.24, 2.45) is 17.3 Å². The predicted octanol–water partition coefficient (Wildman–Crippen LogP) is 1.26. The number of aliphatic carboxylic acids is 1. The topological polar surface area (TPSA) is 66.4 Å². The molecule has 86 valence electrons. The molecule has 0 aromatic rings. The zero-order chi connectivity index (χ0) is 11.6. The van der Waals surface area contributed by atoms with Crippen LogP contribution in [-0.4, -0.2) is 23.5 Å². The van der Waals surface area contributed by atoms with Gasteiger partial charge in [0.1, 0.15) is 5.92 Å². The van der Waals surface area contributed by atoms with Crippen molar-refractivity contribution in [1.82, 2.24) is 5.32 Å². The van der Waals surface area contributed by atoms with Gasteiger partial charge in [-0.15, -0.1) is 0 Å². The van der Waals surface area contributed by atoms with Crippen LogP contribution in [0.1, 0.15) is 33.6 Å². The average Bonchev–Trinajstić information content (AvgIpc) is 2.93. The van der Waals surface area contributed by atoms with Gasteiger partial charge in [0.25, 0.3) is 0 Å². The first-order valence-corrected chi connectivity index (χ1v) is 5.39. The molecule has 1 aliphatic rings. The molecule has 1 atom stereocenters. The second-order valence-electron chi connectivity index (χ2n) is 4.79. The molecule has 0 aliphatic heterocycles. The first kappa shape index (κ1) is 12.0. The lowest BCUT2D eigenvalue weighted by Crippen LogP contribution is -2.38. The molecule has 1 rings (SSSR count). The van der Waals surface area contributed by atoms with Gasteiger partial charge in [0.05, 0.1) is 0 Å². The summed E-state index contributed by atoms with van der Waals surface area (Å²) in [6.45, 7) is 6.30. The maximum Gasteiger partial charge on any atom is 0.315 e. The Labute approximate surface area is 90.0 Å². The van der Waals surface area contributed by atoms with Gasteiger partial charge in [0.15, 0.2) is 0 Å². The lowest BCUT2D eigenvalue weighted by molar-refractivity contribution is -0.146. The van der Waals surface area contributed by atoms with Crippen LogP contribution in [0.15, 0.2) is 0 Å². The lowest BCUT2D eigenvalue weighted by atomic mass is 9.92. The van der Waals surface area contributed by atoms with Crippen LogP contribution in [0.25, 0.3) is 0 Å². The van der Waals surface area contributed by atoms with E-state index in [9.17, 15) is 9.59 Å². The van der Waals surface area contributed by atoms with Crippen LogP contribution in [0.2, 0.25) is 0 Å². The summed E-state index contributed by atoms with van der Waals surface area (Å²) in [6.07, 6.45) is 2.26. The summed E-state index contributed by atoms with van der Waals surface area (Å²) < 4.78 is 0. The summed E-state index contributed by atoms with van der Waals surface area (Å²) >= 11 is 0. The molecule has 4 nitrogen and oxygen atoms in total. The van der Waals surface area contributed by atoms with Gasteiger partial charge in [-0.2, -0.15) is 0 Å².